The van der Waals surface area contributed by atoms with Crippen LogP contribution in [-0.4, -0.2) is 48.2 Å². The molecule has 1 unspecified atom stereocenters. The van der Waals surface area contributed by atoms with E-state index in [1.54, 1.807) is 12.1 Å². The molecule has 170 valence electrons. The zero-order valence-electron chi connectivity index (χ0n) is 18.6. The average Bonchev–Trinajstić information content (AvgIpc) is 2.71. The van der Waals surface area contributed by atoms with Gasteiger partial charge in [-0.05, 0) is 57.8 Å². The van der Waals surface area contributed by atoms with Gasteiger partial charge in [-0.3, -0.25) is 0 Å². The van der Waals surface area contributed by atoms with E-state index in [-0.39, 0.29) is 6.04 Å². The van der Waals surface area contributed by atoms with Crippen molar-refractivity contribution in [2.45, 2.75) is 50.0 Å². The van der Waals surface area contributed by atoms with Gasteiger partial charge < -0.3 is 22.1 Å². The van der Waals surface area contributed by atoms with Crippen LogP contribution in [0.3, 0.4) is 0 Å². The molecule has 0 aromatic heterocycles. The summed E-state index contributed by atoms with van der Waals surface area (Å²) in [6.07, 6.45) is 4.95. The highest BCUT2D eigenvalue weighted by molar-refractivity contribution is 7.89. The van der Waals surface area contributed by atoms with Gasteiger partial charge in [-0.15, -0.1) is 0 Å². The van der Waals surface area contributed by atoms with Gasteiger partial charge in [0, 0.05) is 43.1 Å². The number of hydrogen-bond acceptors (Lipinski definition) is 6. The second-order valence-electron chi connectivity index (χ2n) is 7.68. The van der Waals surface area contributed by atoms with Crippen molar-refractivity contribution in [1.29, 1.82) is 0 Å². The average molecular weight is 438 g/mol. The predicted molar refractivity (Wildman–Crippen MR) is 128 cm³/mol. The van der Waals surface area contributed by atoms with Gasteiger partial charge in [0.15, 0.2) is 0 Å². The highest BCUT2D eigenvalue weighted by Gasteiger charge is 2.17. The van der Waals surface area contributed by atoms with E-state index in [2.05, 4.69) is 4.72 Å². The second kappa shape index (κ2) is 13.6. The van der Waals surface area contributed by atoms with Crippen LogP contribution in [0.1, 0.15) is 39.0 Å². The Morgan fingerprint density at radius 2 is 1.53 bits per heavy atom. The van der Waals surface area contributed by atoms with E-state index in [0.717, 1.165) is 55.2 Å². The third-order valence-electron chi connectivity index (χ3n) is 4.67. The Balaban J connectivity index is 0.000000553. The first-order valence-electron chi connectivity index (χ1n) is 10.6. The summed E-state index contributed by atoms with van der Waals surface area (Å²) in [5.74, 6) is 0. The lowest BCUT2D eigenvalue weighted by Crippen LogP contribution is -2.26. The van der Waals surface area contributed by atoms with Crippen molar-refractivity contribution < 1.29 is 8.42 Å². The predicted octanol–water partition coefficient (Wildman–Crippen LogP) is 2.39. The van der Waals surface area contributed by atoms with Gasteiger partial charge in [-0.1, -0.05) is 30.7 Å². The molecule has 1 atom stereocenters. The lowest BCUT2D eigenvalue weighted by molar-refractivity contribution is 0.568. The zero-order chi connectivity index (χ0) is 22.6. The van der Waals surface area contributed by atoms with Crippen molar-refractivity contribution in [2.24, 2.45) is 17.2 Å². The summed E-state index contributed by atoms with van der Waals surface area (Å²) in [5, 5.41) is 1.66. The van der Waals surface area contributed by atoms with Gasteiger partial charge in [0.25, 0.3) is 0 Å². The molecule has 0 radical (unpaired) electrons. The molecule has 0 saturated heterocycles. The Kier molecular flexibility index (Phi) is 11.9. The van der Waals surface area contributed by atoms with Crippen LogP contribution in [0.15, 0.2) is 41.3 Å². The van der Waals surface area contributed by atoms with Gasteiger partial charge >= 0.3 is 0 Å². The molecule has 0 aliphatic rings. The molecule has 7 nitrogen and oxygen atoms in total. The molecule has 7 N–H and O–H groups in total. The van der Waals surface area contributed by atoms with Crippen LogP contribution in [0.5, 0.6) is 0 Å². The molecule has 0 bridgehead atoms. The van der Waals surface area contributed by atoms with Crippen molar-refractivity contribution in [2.75, 3.05) is 38.6 Å². The van der Waals surface area contributed by atoms with Crippen molar-refractivity contribution in [3.05, 3.63) is 36.4 Å². The molecule has 0 aliphatic heterocycles. The molecular formula is C22H39N5O2S. The Morgan fingerprint density at radius 3 is 2.10 bits per heavy atom. The fourth-order valence-electron chi connectivity index (χ4n) is 3.06. The lowest BCUT2D eigenvalue weighted by atomic mass is 10.1. The summed E-state index contributed by atoms with van der Waals surface area (Å²) < 4.78 is 27.9. The monoisotopic (exact) mass is 437 g/mol. The lowest BCUT2D eigenvalue weighted by Gasteiger charge is -2.17. The van der Waals surface area contributed by atoms with Gasteiger partial charge in [-0.25, -0.2) is 13.1 Å². The van der Waals surface area contributed by atoms with Crippen molar-refractivity contribution in [3.8, 4) is 0 Å². The van der Waals surface area contributed by atoms with Crippen LogP contribution < -0.4 is 26.8 Å². The molecule has 0 spiro atoms. The van der Waals surface area contributed by atoms with Crippen LogP contribution in [0.2, 0.25) is 0 Å². The number of nitrogens with two attached hydrogens (primary N) is 3. The third-order valence-corrected chi connectivity index (χ3v) is 6.19. The van der Waals surface area contributed by atoms with Crippen LogP contribution in [0.4, 0.5) is 5.69 Å². The largest absolute Gasteiger partial charge is 0.377 e. The van der Waals surface area contributed by atoms with Crippen molar-refractivity contribution in [3.63, 3.8) is 0 Å². The van der Waals surface area contributed by atoms with E-state index in [0.29, 0.717) is 11.4 Å². The molecule has 8 heteroatoms. The van der Waals surface area contributed by atoms with Crippen molar-refractivity contribution in [1.82, 2.24) is 4.72 Å². The number of anilines is 1. The minimum absolute atomic E-state index is 0.0831. The number of nitrogens with one attached hydrogen (secondary N) is 1. The number of unbranched alkanes of at least 4 members (excludes halogenated alkanes) is 2. The molecule has 0 saturated carbocycles. The Bertz CT molecular complexity index is 850. The topological polar surface area (TPSA) is 127 Å². The normalized spacial score (nSPS) is 12.3. The molecule has 0 fully saturated rings. The first-order chi connectivity index (χ1) is 14.2. The molecule has 0 aliphatic carbocycles. The van der Waals surface area contributed by atoms with E-state index >= 15 is 0 Å². The Morgan fingerprint density at radius 1 is 0.933 bits per heavy atom. The molecule has 2 rings (SSSR count). The molecule has 2 aromatic carbocycles. The number of benzene rings is 2. The van der Waals surface area contributed by atoms with Gasteiger partial charge in [-0.2, -0.15) is 0 Å². The smallest absolute Gasteiger partial charge is 0.241 e. The number of sulfonamides is 1. The standard InChI is InChI=1S/C17H25N3O2S.C5H14N2/c1-13(18)7-6-12-19-23(21,22)17-11-5-8-14-15(17)9-4-10-16(14)20(2)3;6-4-2-1-3-5-7/h4-5,8-11,13,19H,6-7,12,18H2,1-3H3;1-7H2. The first kappa shape index (κ1) is 26.3. The van der Waals surface area contributed by atoms with E-state index in [1.165, 1.54) is 6.42 Å². The van der Waals surface area contributed by atoms with E-state index < -0.39 is 10.0 Å². The Labute approximate surface area is 182 Å². The SMILES string of the molecule is CC(N)CCCNS(=O)(=O)c1cccc2c(N(C)C)cccc12.NCCCCCN. The van der Waals surface area contributed by atoms with Crippen LogP contribution in [-0.2, 0) is 10.0 Å². The number of nitrogens with zero attached hydrogens (tertiary/aromatic N) is 1. The summed E-state index contributed by atoms with van der Waals surface area (Å²) >= 11 is 0. The number of fused-ring (bicyclic) bond motifs is 1. The minimum Gasteiger partial charge on any atom is -0.377 e. The quantitative estimate of drug-likeness (QED) is 0.400. The Hall–Kier alpha value is -1.71. The maximum absolute atomic E-state index is 12.6. The highest BCUT2D eigenvalue weighted by atomic mass is 32.2. The summed E-state index contributed by atoms with van der Waals surface area (Å²) in [4.78, 5) is 2.30. The summed E-state index contributed by atoms with van der Waals surface area (Å²) in [5.41, 5.74) is 17.1. The number of hydrogen-bond donors (Lipinski definition) is 4. The molecule has 30 heavy (non-hydrogen) atoms. The van der Waals surface area contributed by atoms with Gasteiger partial charge in [0.1, 0.15) is 0 Å². The fraction of sp³-hybridized carbons (Fsp3) is 0.545. The van der Waals surface area contributed by atoms with E-state index in [9.17, 15) is 8.42 Å². The maximum Gasteiger partial charge on any atom is 0.241 e. The maximum atomic E-state index is 12.6. The van der Waals surface area contributed by atoms with Crippen LogP contribution in [0, 0.1) is 0 Å². The summed E-state index contributed by atoms with van der Waals surface area (Å²) in [6.45, 7) is 3.93. The van der Waals surface area contributed by atoms with Crippen molar-refractivity contribution >= 4 is 26.5 Å². The fourth-order valence-corrected chi connectivity index (χ4v) is 4.36. The summed E-state index contributed by atoms with van der Waals surface area (Å²) in [6, 6.07) is 11.2. The molecule has 2 aromatic rings. The van der Waals surface area contributed by atoms with Gasteiger partial charge in [0.05, 0.1) is 4.90 Å². The van der Waals surface area contributed by atoms with Crippen LogP contribution in [0.25, 0.3) is 10.8 Å². The van der Waals surface area contributed by atoms with Gasteiger partial charge in [0.2, 0.25) is 10.0 Å². The minimum atomic E-state index is -3.54. The zero-order valence-corrected chi connectivity index (χ0v) is 19.4. The van der Waals surface area contributed by atoms with E-state index in [1.807, 2.05) is 50.2 Å². The van der Waals surface area contributed by atoms with Crippen LogP contribution >= 0.6 is 0 Å². The second-order valence-corrected chi connectivity index (χ2v) is 9.41. The number of rotatable bonds is 11. The summed E-state index contributed by atoms with van der Waals surface area (Å²) in [7, 11) is 0.357. The molecular weight excluding hydrogens is 398 g/mol. The molecule has 0 amide bonds. The third kappa shape index (κ3) is 8.57. The van der Waals surface area contributed by atoms with E-state index in [4.69, 9.17) is 17.2 Å². The first-order valence-corrected chi connectivity index (χ1v) is 12.1. The molecule has 0 heterocycles. The highest BCUT2D eigenvalue weighted by Crippen LogP contribution is 2.30.